The summed E-state index contributed by atoms with van der Waals surface area (Å²) in [5.74, 6) is 3.26. The van der Waals surface area contributed by atoms with Crippen LogP contribution in [-0.4, -0.2) is 33.2 Å². The summed E-state index contributed by atoms with van der Waals surface area (Å²) >= 11 is 0. The monoisotopic (exact) mass is 315 g/mol. The number of fused-ring (bicyclic) bond motifs is 2. The second-order valence-corrected chi connectivity index (χ2v) is 8.08. The molecule has 4 nitrogen and oxygen atoms in total. The average Bonchev–Trinajstić information content (AvgIpc) is 3.29. The van der Waals surface area contributed by atoms with Gasteiger partial charge in [0.15, 0.2) is 0 Å². The van der Waals surface area contributed by atoms with Gasteiger partial charge in [-0.15, -0.1) is 0 Å². The van der Waals surface area contributed by atoms with Crippen LogP contribution in [0.2, 0.25) is 0 Å². The SMILES string of the molecule is Cn1cc(CCC(=O)N2CCC[C@H]2C[C@H]2C[C@H]3CC[C@H]2C3)cn1. The summed E-state index contributed by atoms with van der Waals surface area (Å²) in [7, 11) is 1.93. The van der Waals surface area contributed by atoms with Crippen molar-refractivity contribution in [2.45, 2.75) is 63.8 Å². The number of aryl methyl sites for hydroxylation is 2. The van der Waals surface area contributed by atoms with E-state index in [1.165, 1.54) is 50.5 Å². The van der Waals surface area contributed by atoms with E-state index in [1.807, 2.05) is 24.1 Å². The number of hydrogen-bond donors (Lipinski definition) is 0. The third-order valence-corrected chi connectivity index (χ3v) is 6.54. The van der Waals surface area contributed by atoms with Crippen LogP contribution < -0.4 is 0 Å². The van der Waals surface area contributed by atoms with Gasteiger partial charge < -0.3 is 4.90 Å². The van der Waals surface area contributed by atoms with Gasteiger partial charge in [-0.25, -0.2) is 0 Å². The van der Waals surface area contributed by atoms with E-state index in [1.54, 1.807) is 0 Å². The van der Waals surface area contributed by atoms with E-state index in [0.717, 1.165) is 30.7 Å². The van der Waals surface area contributed by atoms with Crippen molar-refractivity contribution in [1.82, 2.24) is 14.7 Å². The maximum Gasteiger partial charge on any atom is 0.223 e. The molecule has 4 heteroatoms. The third kappa shape index (κ3) is 3.17. The van der Waals surface area contributed by atoms with Gasteiger partial charge >= 0.3 is 0 Å². The standard InChI is InChI=1S/C19H29N3O/c1-21-13-15(12-20-21)5-7-19(23)22-8-2-3-18(22)11-17-10-14-4-6-16(17)9-14/h12-14,16-18H,2-11H2,1H3/t14-,16-,17+,18-/m0/s1. The molecule has 0 radical (unpaired) electrons. The molecule has 3 aliphatic rings. The van der Waals surface area contributed by atoms with Gasteiger partial charge in [-0.2, -0.15) is 5.10 Å². The predicted octanol–water partition coefficient (Wildman–Crippen LogP) is 3.17. The van der Waals surface area contributed by atoms with Crippen LogP contribution in [0.1, 0.15) is 56.9 Å². The first-order valence-corrected chi connectivity index (χ1v) is 9.46. The van der Waals surface area contributed by atoms with E-state index in [9.17, 15) is 4.79 Å². The average molecular weight is 315 g/mol. The van der Waals surface area contributed by atoms with Crippen molar-refractivity contribution >= 4 is 5.91 Å². The smallest absolute Gasteiger partial charge is 0.223 e. The summed E-state index contributed by atoms with van der Waals surface area (Å²) in [6.07, 6.45) is 14.9. The number of likely N-dealkylation sites (tertiary alicyclic amines) is 1. The van der Waals surface area contributed by atoms with Gasteiger partial charge in [0.2, 0.25) is 5.91 Å². The summed E-state index contributed by atoms with van der Waals surface area (Å²) < 4.78 is 1.81. The lowest BCUT2D eigenvalue weighted by Gasteiger charge is -2.30. The van der Waals surface area contributed by atoms with Gasteiger partial charge in [0.1, 0.15) is 0 Å². The topological polar surface area (TPSA) is 38.1 Å². The fraction of sp³-hybridized carbons (Fsp3) is 0.789. The Morgan fingerprint density at radius 2 is 2.22 bits per heavy atom. The Hall–Kier alpha value is -1.32. The fourth-order valence-electron chi connectivity index (χ4n) is 5.42. The van der Waals surface area contributed by atoms with Crippen LogP contribution in [0.5, 0.6) is 0 Å². The molecule has 126 valence electrons. The molecule has 1 amide bonds. The molecular weight excluding hydrogens is 286 g/mol. The molecule has 0 spiro atoms. The van der Waals surface area contributed by atoms with Gasteiger partial charge in [-0.3, -0.25) is 9.48 Å². The lowest BCUT2D eigenvalue weighted by atomic mass is 9.83. The molecule has 3 fully saturated rings. The lowest BCUT2D eigenvalue weighted by molar-refractivity contribution is -0.132. The molecule has 4 atom stereocenters. The first-order valence-electron chi connectivity index (χ1n) is 9.46. The van der Waals surface area contributed by atoms with E-state index in [4.69, 9.17) is 0 Å². The first kappa shape index (κ1) is 15.2. The number of amides is 1. The van der Waals surface area contributed by atoms with Crippen molar-refractivity contribution in [3.63, 3.8) is 0 Å². The molecule has 1 aromatic rings. The van der Waals surface area contributed by atoms with Crippen molar-refractivity contribution in [3.8, 4) is 0 Å². The van der Waals surface area contributed by atoms with Crippen molar-refractivity contribution in [2.75, 3.05) is 6.54 Å². The summed E-state index contributed by atoms with van der Waals surface area (Å²) in [5.41, 5.74) is 1.17. The third-order valence-electron chi connectivity index (χ3n) is 6.54. The second kappa shape index (κ2) is 6.29. The van der Waals surface area contributed by atoms with E-state index in [2.05, 4.69) is 10.00 Å². The quantitative estimate of drug-likeness (QED) is 0.837. The zero-order valence-corrected chi connectivity index (χ0v) is 14.3. The Labute approximate surface area is 139 Å². The van der Waals surface area contributed by atoms with Gasteiger partial charge in [-0.1, -0.05) is 6.42 Å². The van der Waals surface area contributed by atoms with E-state index < -0.39 is 0 Å². The molecule has 0 aromatic carbocycles. The zero-order chi connectivity index (χ0) is 15.8. The minimum atomic E-state index is 0.361. The molecule has 2 bridgehead atoms. The molecule has 1 aromatic heterocycles. The Bertz CT molecular complexity index is 567. The molecular formula is C19H29N3O. The van der Waals surface area contributed by atoms with E-state index in [-0.39, 0.29) is 0 Å². The van der Waals surface area contributed by atoms with Crippen LogP contribution in [0.25, 0.3) is 0 Å². The molecule has 2 saturated carbocycles. The molecule has 23 heavy (non-hydrogen) atoms. The largest absolute Gasteiger partial charge is 0.340 e. The summed E-state index contributed by atoms with van der Waals surface area (Å²) in [6, 6.07) is 0.528. The van der Waals surface area contributed by atoms with Crippen LogP contribution in [0, 0.1) is 17.8 Å². The number of nitrogens with zero attached hydrogens (tertiary/aromatic N) is 3. The van der Waals surface area contributed by atoms with Crippen molar-refractivity contribution in [2.24, 2.45) is 24.8 Å². The van der Waals surface area contributed by atoms with Crippen molar-refractivity contribution < 1.29 is 4.79 Å². The fourth-order valence-corrected chi connectivity index (χ4v) is 5.42. The van der Waals surface area contributed by atoms with Gasteiger partial charge in [-0.05, 0) is 68.3 Å². The van der Waals surface area contributed by atoms with E-state index in [0.29, 0.717) is 18.4 Å². The number of hydrogen-bond acceptors (Lipinski definition) is 2. The molecule has 2 heterocycles. The number of aromatic nitrogens is 2. The Kier molecular flexibility index (Phi) is 4.16. The normalized spacial score (nSPS) is 32.8. The maximum atomic E-state index is 12.7. The highest BCUT2D eigenvalue weighted by atomic mass is 16.2. The Morgan fingerprint density at radius 1 is 1.30 bits per heavy atom. The number of carbonyl (C=O) groups excluding carboxylic acids is 1. The predicted molar refractivity (Wildman–Crippen MR) is 89.8 cm³/mol. The Balaban J connectivity index is 1.31. The van der Waals surface area contributed by atoms with Crippen molar-refractivity contribution in [3.05, 3.63) is 18.0 Å². The molecule has 0 N–H and O–H groups in total. The molecule has 0 unspecified atom stereocenters. The van der Waals surface area contributed by atoms with Gasteiger partial charge in [0, 0.05) is 32.3 Å². The molecule has 4 rings (SSSR count). The minimum Gasteiger partial charge on any atom is -0.340 e. The van der Waals surface area contributed by atoms with Crippen LogP contribution in [0.15, 0.2) is 12.4 Å². The van der Waals surface area contributed by atoms with Crippen LogP contribution in [-0.2, 0) is 18.3 Å². The highest BCUT2D eigenvalue weighted by molar-refractivity contribution is 5.77. The number of rotatable bonds is 5. The van der Waals surface area contributed by atoms with Gasteiger partial charge in [0.25, 0.3) is 0 Å². The van der Waals surface area contributed by atoms with E-state index >= 15 is 0 Å². The highest BCUT2D eigenvalue weighted by Crippen LogP contribution is 2.50. The lowest BCUT2D eigenvalue weighted by Crippen LogP contribution is -2.37. The first-order chi connectivity index (χ1) is 11.2. The minimum absolute atomic E-state index is 0.361. The molecule has 1 saturated heterocycles. The molecule has 1 aliphatic heterocycles. The maximum absolute atomic E-state index is 12.7. The molecule has 2 aliphatic carbocycles. The van der Waals surface area contributed by atoms with Crippen molar-refractivity contribution in [1.29, 1.82) is 0 Å². The van der Waals surface area contributed by atoms with Gasteiger partial charge in [0.05, 0.1) is 6.20 Å². The Morgan fingerprint density at radius 3 is 2.91 bits per heavy atom. The van der Waals surface area contributed by atoms with Crippen LogP contribution >= 0.6 is 0 Å². The second-order valence-electron chi connectivity index (χ2n) is 8.08. The number of carbonyl (C=O) groups is 1. The highest BCUT2D eigenvalue weighted by Gasteiger charge is 2.41. The van der Waals surface area contributed by atoms with Crippen LogP contribution in [0.3, 0.4) is 0 Å². The summed E-state index contributed by atoms with van der Waals surface area (Å²) in [4.78, 5) is 14.9. The summed E-state index contributed by atoms with van der Waals surface area (Å²) in [5, 5.41) is 4.19. The summed E-state index contributed by atoms with van der Waals surface area (Å²) in [6.45, 7) is 0.983. The van der Waals surface area contributed by atoms with Crippen LogP contribution in [0.4, 0.5) is 0 Å². The zero-order valence-electron chi connectivity index (χ0n) is 14.3.